The Hall–Kier alpha value is -1.88. The molecule has 2 rings (SSSR count). The smallest absolute Gasteiger partial charge is 0.159 e. The molecule has 94 valence electrons. The number of nitrogens with zero attached hydrogens (tertiary/aromatic N) is 2. The highest BCUT2D eigenvalue weighted by Gasteiger charge is 2.07. The van der Waals surface area contributed by atoms with Gasteiger partial charge < -0.3 is 5.32 Å². The van der Waals surface area contributed by atoms with Crippen molar-refractivity contribution in [3.63, 3.8) is 0 Å². The molecule has 2 aromatic rings. The van der Waals surface area contributed by atoms with E-state index in [0.29, 0.717) is 12.1 Å². The summed E-state index contributed by atoms with van der Waals surface area (Å²) in [6, 6.07) is 3.85. The van der Waals surface area contributed by atoms with Crippen LogP contribution in [0.25, 0.3) is 0 Å². The maximum absolute atomic E-state index is 13.0. The van der Waals surface area contributed by atoms with E-state index in [4.69, 9.17) is 0 Å². The van der Waals surface area contributed by atoms with E-state index in [2.05, 4.69) is 15.3 Å². The summed E-state index contributed by atoms with van der Waals surface area (Å²) in [6.45, 7) is 2.37. The summed E-state index contributed by atoms with van der Waals surface area (Å²) in [7, 11) is 0. The summed E-state index contributed by atoms with van der Waals surface area (Å²) in [5, 5.41) is 3.17. The van der Waals surface area contributed by atoms with Gasteiger partial charge in [0.1, 0.15) is 0 Å². The molecule has 0 amide bonds. The van der Waals surface area contributed by atoms with Crippen LogP contribution in [0.3, 0.4) is 0 Å². The van der Waals surface area contributed by atoms with Gasteiger partial charge in [0, 0.05) is 31.2 Å². The minimum atomic E-state index is -0.833. The highest BCUT2D eigenvalue weighted by Crippen LogP contribution is 2.11. The van der Waals surface area contributed by atoms with Crippen LogP contribution in [0.4, 0.5) is 8.78 Å². The average Bonchev–Trinajstić information content (AvgIpc) is 2.41. The molecule has 1 N–H and O–H groups in total. The highest BCUT2D eigenvalue weighted by molar-refractivity contribution is 5.18. The Kier molecular flexibility index (Phi) is 3.94. The molecule has 0 radical (unpaired) electrons. The van der Waals surface area contributed by atoms with Gasteiger partial charge in [0.2, 0.25) is 0 Å². The van der Waals surface area contributed by atoms with Crippen LogP contribution in [0.15, 0.2) is 36.8 Å². The fourth-order valence-corrected chi connectivity index (χ4v) is 1.56. The first-order chi connectivity index (χ1) is 8.66. The van der Waals surface area contributed by atoms with Crippen LogP contribution in [0.5, 0.6) is 0 Å². The van der Waals surface area contributed by atoms with Crippen molar-refractivity contribution in [3.05, 3.63) is 59.7 Å². The van der Waals surface area contributed by atoms with E-state index >= 15 is 0 Å². The molecule has 1 unspecified atom stereocenters. The van der Waals surface area contributed by atoms with Crippen molar-refractivity contribution < 1.29 is 8.78 Å². The number of benzene rings is 1. The van der Waals surface area contributed by atoms with Crippen molar-refractivity contribution in [1.82, 2.24) is 15.3 Å². The van der Waals surface area contributed by atoms with Crippen LogP contribution in [0.1, 0.15) is 24.2 Å². The number of hydrogen-bond donors (Lipinski definition) is 1. The van der Waals surface area contributed by atoms with Crippen molar-refractivity contribution >= 4 is 0 Å². The van der Waals surface area contributed by atoms with E-state index < -0.39 is 11.6 Å². The highest BCUT2D eigenvalue weighted by atomic mass is 19.2. The first-order valence-electron chi connectivity index (χ1n) is 5.60. The number of nitrogens with one attached hydrogen (secondary N) is 1. The third-order valence-corrected chi connectivity index (χ3v) is 2.62. The van der Waals surface area contributed by atoms with Gasteiger partial charge in [-0.3, -0.25) is 9.97 Å². The van der Waals surface area contributed by atoms with Crippen molar-refractivity contribution in [2.75, 3.05) is 0 Å². The predicted molar refractivity (Wildman–Crippen MR) is 63.6 cm³/mol. The lowest BCUT2D eigenvalue weighted by Gasteiger charge is -2.12. The monoisotopic (exact) mass is 249 g/mol. The molecule has 1 aromatic carbocycles. The maximum Gasteiger partial charge on any atom is 0.159 e. The Morgan fingerprint density at radius 3 is 2.72 bits per heavy atom. The molecular formula is C13H13F2N3. The second-order valence-corrected chi connectivity index (χ2v) is 3.98. The molecule has 1 atom stereocenters. The molecule has 0 bridgehead atoms. The zero-order valence-corrected chi connectivity index (χ0v) is 9.90. The lowest BCUT2D eigenvalue weighted by molar-refractivity contribution is 0.503. The van der Waals surface area contributed by atoms with Gasteiger partial charge in [-0.1, -0.05) is 6.07 Å². The van der Waals surface area contributed by atoms with Crippen molar-refractivity contribution in [3.8, 4) is 0 Å². The second kappa shape index (κ2) is 5.64. The van der Waals surface area contributed by atoms with Crippen molar-refractivity contribution in [1.29, 1.82) is 0 Å². The number of aromatic nitrogens is 2. The third kappa shape index (κ3) is 3.07. The van der Waals surface area contributed by atoms with Crippen LogP contribution in [-0.4, -0.2) is 9.97 Å². The van der Waals surface area contributed by atoms with Gasteiger partial charge in [0.25, 0.3) is 0 Å². The van der Waals surface area contributed by atoms with Crippen molar-refractivity contribution in [2.45, 2.75) is 19.5 Å². The van der Waals surface area contributed by atoms with Crippen LogP contribution in [-0.2, 0) is 6.54 Å². The van der Waals surface area contributed by atoms with Gasteiger partial charge in [-0.25, -0.2) is 8.78 Å². The van der Waals surface area contributed by atoms with E-state index in [1.165, 1.54) is 6.07 Å². The van der Waals surface area contributed by atoms with E-state index in [1.807, 2.05) is 6.92 Å². The number of halogens is 2. The zero-order valence-electron chi connectivity index (χ0n) is 9.90. The van der Waals surface area contributed by atoms with E-state index in [0.717, 1.165) is 11.8 Å². The van der Waals surface area contributed by atoms with Gasteiger partial charge in [-0.15, -0.1) is 0 Å². The number of rotatable bonds is 4. The molecule has 0 fully saturated rings. The minimum absolute atomic E-state index is 0.00758. The summed E-state index contributed by atoms with van der Waals surface area (Å²) in [5.74, 6) is -1.66. The molecule has 5 heteroatoms. The molecule has 3 nitrogen and oxygen atoms in total. The summed E-state index contributed by atoms with van der Waals surface area (Å²) >= 11 is 0. The third-order valence-electron chi connectivity index (χ3n) is 2.62. The lowest BCUT2D eigenvalue weighted by Crippen LogP contribution is -2.19. The predicted octanol–water partition coefficient (Wildman–Crippen LogP) is 2.61. The Balaban J connectivity index is 1.97. The maximum atomic E-state index is 13.0. The molecule has 0 aliphatic carbocycles. The quantitative estimate of drug-likeness (QED) is 0.905. The fraction of sp³-hybridized carbons (Fsp3) is 0.231. The summed E-state index contributed by atoms with van der Waals surface area (Å²) in [6.07, 6.45) is 4.89. The molecular weight excluding hydrogens is 236 g/mol. The number of hydrogen-bond acceptors (Lipinski definition) is 3. The molecule has 0 aliphatic heterocycles. The lowest BCUT2D eigenvalue weighted by atomic mass is 10.2. The van der Waals surface area contributed by atoms with Gasteiger partial charge in [0.05, 0.1) is 5.69 Å². The van der Waals surface area contributed by atoms with Crippen LogP contribution >= 0.6 is 0 Å². The molecule has 0 saturated carbocycles. The van der Waals surface area contributed by atoms with Gasteiger partial charge in [-0.05, 0) is 24.6 Å². The second-order valence-electron chi connectivity index (χ2n) is 3.98. The molecule has 0 aliphatic rings. The Labute approximate surface area is 104 Å². The molecule has 1 aromatic heterocycles. The largest absolute Gasteiger partial charge is 0.305 e. The zero-order chi connectivity index (χ0) is 13.0. The van der Waals surface area contributed by atoms with E-state index in [9.17, 15) is 8.78 Å². The Bertz CT molecular complexity index is 517. The Morgan fingerprint density at radius 2 is 2.06 bits per heavy atom. The SMILES string of the molecule is CC(NCc1ccc(F)c(F)c1)c1cnccn1. The first-order valence-corrected chi connectivity index (χ1v) is 5.60. The van der Waals surface area contributed by atoms with Gasteiger partial charge in [0.15, 0.2) is 11.6 Å². The van der Waals surface area contributed by atoms with E-state index in [-0.39, 0.29) is 6.04 Å². The summed E-state index contributed by atoms with van der Waals surface area (Å²) in [5.41, 5.74) is 1.49. The summed E-state index contributed by atoms with van der Waals surface area (Å²) < 4.78 is 25.8. The summed E-state index contributed by atoms with van der Waals surface area (Å²) in [4.78, 5) is 8.14. The molecule has 1 heterocycles. The average molecular weight is 249 g/mol. The topological polar surface area (TPSA) is 37.8 Å². The van der Waals surface area contributed by atoms with Crippen molar-refractivity contribution in [2.24, 2.45) is 0 Å². The van der Waals surface area contributed by atoms with Crippen LogP contribution in [0.2, 0.25) is 0 Å². The normalized spacial score (nSPS) is 12.4. The fourth-order valence-electron chi connectivity index (χ4n) is 1.56. The van der Waals surface area contributed by atoms with Crippen LogP contribution in [0, 0.1) is 11.6 Å². The minimum Gasteiger partial charge on any atom is -0.305 e. The van der Waals surface area contributed by atoms with E-state index in [1.54, 1.807) is 24.7 Å². The van der Waals surface area contributed by atoms with Gasteiger partial charge >= 0.3 is 0 Å². The van der Waals surface area contributed by atoms with Crippen LogP contribution < -0.4 is 5.32 Å². The molecule has 18 heavy (non-hydrogen) atoms. The molecule has 0 spiro atoms. The van der Waals surface area contributed by atoms with Gasteiger partial charge in [-0.2, -0.15) is 0 Å². The standard InChI is InChI=1S/C13H13F2N3/c1-9(13-8-16-4-5-17-13)18-7-10-2-3-11(14)12(15)6-10/h2-6,8-9,18H,7H2,1H3. The first kappa shape index (κ1) is 12.6. The Morgan fingerprint density at radius 1 is 1.22 bits per heavy atom. The molecule has 0 saturated heterocycles.